The first-order chi connectivity index (χ1) is 9.26. The Balaban J connectivity index is 1.97. The van der Waals surface area contributed by atoms with Crippen LogP contribution in [0.4, 0.5) is 6.01 Å². The molecule has 1 atom stereocenters. The summed E-state index contributed by atoms with van der Waals surface area (Å²) < 4.78 is 10.9. The van der Waals surface area contributed by atoms with Crippen molar-refractivity contribution in [2.24, 2.45) is 0 Å². The maximum absolute atomic E-state index is 5.79. The highest BCUT2D eigenvalue weighted by Gasteiger charge is 2.32. The molecule has 1 aromatic rings. The summed E-state index contributed by atoms with van der Waals surface area (Å²) in [6.07, 6.45) is 3.49. The van der Waals surface area contributed by atoms with Crippen LogP contribution in [0.1, 0.15) is 45.0 Å². The molecule has 1 aliphatic rings. The van der Waals surface area contributed by atoms with E-state index in [1.165, 1.54) is 12.8 Å². The minimum atomic E-state index is 0.102. The molecule has 0 bridgehead atoms. The van der Waals surface area contributed by atoms with Crippen LogP contribution in [0.5, 0.6) is 0 Å². The fourth-order valence-electron chi connectivity index (χ4n) is 1.98. The van der Waals surface area contributed by atoms with Crippen LogP contribution in [-0.2, 0) is 4.74 Å². The Morgan fingerprint density at radius 3 is 2.89 bits per heavy atom. The van der Waals surface area contributed by atoms with Crippen LogP contribution >= 0.6 is 0 Å². The third-order valence-corrected chi connectivity index (χ3v) is 3.27. The van der Waals surface area contributed by atoms with Crippen LogP contribution in [0.25, 0.3) is 0 Å². The van der Waals surface area contributed by atoms with Crippen LogP contribution in [0.15, 0.2) is 4.42 Å². The first-order valence-electron chi connectivity index (χ1n) is 7.08. The minimum Gasteiger partial charge on any atom is -0.406 e. The quantitative estimate of drug-likeness (QED) is 0.736. The van der Waals surface area contributed by atoms with E-state index in [-0.39, 0.29) is 6.04 Å². The van der Waals surface area contributed by atoms with Gasteiger partial charge in [-0.2, -0.15) is 0 Å². The van der Waals surface area contributed by atoms with Crippen molar-refractivity contribution < 1.29 is 9.15 Å². The average Bonchev–Trinajstić information content (AvgIpc) is 3.13. The maximum atomic E-state index is 5.79. The number of hydrogen-bond donors (Lipinski definition) is 1. The van der Waals surface area contributed by atoms with Crippen LogP contribution in [0, 0.1) is 0 Å². The molecule has 108 valence electrons. The third-order valence-electron chi connectivity index (χ3n) is 3.27. The van der Waals surface area contributed by atoms with Crippen LogP contribution in [-0.4, -0.2) is 43.0 Å². The first-order valence-corrected chi connectivity index (χ1v) is 7.08. The molecule has 1 fully saturated rings. The van der Waals surface area contributed by atoms with E-state index in [1.807, 2.05) is 6.92 Å². The van der Waals surface area contributed by atoms with Gasteiger partial charge in [-0.3, -0.25) is 0 Å². The van der Waals surface area contributed by atoms with Crippen molar-refractivity contribution in [3.63, 3.8) is 0 Å². The molecule has 2 rings (SSSR count). The number of aromatic nitrogens is 2. The number of ether oxygens (including phenoxy) is 1. The lowest BCUT2D eigenvalue weighted by Crippen LogP contribution is -2.29. The average molecular weight is 268 g/mol. The molecule has 0 aromatic carbocycles. The Labute approximate surface area is 114 Å². The highest BCUT2D eigenvalue weighted by molar-refractivity contribution is 5.29. The van der Waals surface area contributed by atoms with Gasteiger partial charge in [0.15, 0.2) is 0 Å². The number of rotatable bonds is 9. The summed E-state index contributed by atoms with van der Waals surface area (Å²) in [4.78, 5) is 2.16. The molecular formula is C13H24N4O2. The molecule has 1 aromatic heterocycles. The molecule has 6 heteroatoms. The number of anilines is 1. The Morgan fingerprint density at radius 2 is 2.26 bits per heavy atom. The van der Waals surface area contributed by atoms with Gasteiger partial charge in [0.05, 0.1) is 12.6 Å². The fourth-order valence-corrected chi connectivity index (χ4v) is 1.98. The third kappa shape index (κ3) is 3.91. The van der Waals surface area contributed by atoms with E-state index in [0.29, 0.717) is 24.6 Å². The smallest absolute Gasteiger partial charge is 0.318 e. The Morgan fingerprint density at radius 1 is 1.47 bits per heavy atom. The molecule has 0 aliphatic heterocycles. The van der Waals surface area contributed by atoms with Gasteiger partial charge in [0.2, 0.25) is 5.89 Å². The molecule has 1 N–H and O–H groups in total. The molecule has 0 radical (unpaired) electrons. The zero-order valence-electron chi connectivity index (χ0n) is 12.1. The van der Waals surface area contributed by atoms with Crippen LogP contribution in [0.3, 0.4) is 0 Å². The second-order valence-electron chi connectivity index (χ2n) is 5.02. The highest BCUT2D eigenvalue weighted by atomic mass is 16.5. The standard InChI is InChI=1S/C13H24N4O2/c1-4-7-14-10(2)12-15-16-13(19-12)17(8-9-18-3)11-5-6-11/h10-11,14H,4-9H2,1-3H3. The minimum absolute atomic E-state index is 0.102. The number of hydrogen-bond acceptors (Lipinski definition) is 6. The van der Waals surface area contributed by atoms with Crippen molar-refractivity contribution in [1.29, 1.82) is 0 Å². The van der Waals surface area contributed by atoms with Gasteiger partial charge in [0, 0.05) is 19.7 Å². The molecule has 1 aliphatic carbocycles. The zero-order valence-corrected chi connectivity index (χ0v) is 12.1. The predicted octanol–water partition coefficient (Wildman–Crippen LogP) is 1.75. The summed E-state index contributed by atoms with van der Waals surface area (Å²) >= 11 is 0. The van der Waals surface area contributed by atoms with Crippen molar-refractivity contribution in [3.8, 4) is 0 Å². The normalized spacial score (nSPS) is 16.6. The van der Waals surface area contributed by atoms with E-state index < -0.39 is 0 Å². The van der Waals surface area contributed by atoms with Gasteiger partial charge in [-0.15, -0.1) is 5.10 Å². The van der Waals surface area contributed by atoms with Gasteiger partial charge in [0.1, 0.15) is 0 Å². The predicted molar refractivity (Wildman–Crippen MR) is 73.3 cm³/mol. The Hall–Kier alpha value is -1.14. The van der Waals surface area contributed by atoms with Crippen molar-refractivity contribution >= 4 is 6.01 Å². The van der Waals surface area contributed by atoms with Crippen LogP contribution in [0.2, 0.25) is 0 Å². The number of nitrogens with one attached hydrogen (secondary N) is 1. The van der Waals surface area contributed by atoms with E-state index >= 15 is 0 Å². The molecule has 0 saturated heterocycles. The summed E-state index contributed by atoms with van der Waals surface area (Å²) in [5.74, 6) is 0.659. The van der Waals surface area contributed by atoms with Gasteiger partial charge < -0.3 is 19.4 Å². The summed E-state index contributed by atoms with van der Waals surface area (Å²) in [6.45, 7) is 6.62. The summed E-state index contributed by atoms with van der Waals surface area (Å²) in [5.41, 5.74) is 0. The van der Waals surface area contributed by atoms with Gasteiger partial charge in [-0.05, 0) is 32.7 Å². The molecule has 6 nitrogen and oxygen atoms in total. The molecule has 0 spiro atoms. The lowest BCUT2D eigenvalue weighted by molar-refractivity contribution is 0.203. The second kappa shape index (κ2) is 6.86. The van der Waals surface area contributed by atoms with E-state index in [2.05, 4.69) is 27.3 Å². The lowest BCUT2D eigenvalue weighted by Gasteiger charge is -2.18. The SMILES string of the molecule is CCCNC(C)c1nnc(N(CCOC)C2CC2)o1. The second-order valence-corrected chi connectivity index (χ2v) is 5.02. The van der Waals surface area contributed by atoms with Crippen molar-refractivity contribution in [1.82, 2.24) is 15.5 Å². The zero-order chi connectivity index (χ0) is 13.7. The molecule has 0 amide bonds. The molecule has 1 unspecified atom stereocenters. The van der Waals surface area contributed by atoms with E-state index in [4.69, 9.17) is 9.15 Å². The maximum Gasteiger partial charge on any atom is 0.318 e. The molecule has 1 heterocycles. The lowest BCUT2D eigenvalue weighted by atomic mass is 10.3. The van der Waals surface area contributed by atoms with E-state index in [9.17, 15) is 0 Å². The van der Waals surface area contributed by atoms with Crippen molar-refractivity contribution in [3.05, 3.63) is 5.89 Å². The van der Waals surface area contributed by atoms with Crippen molar-refractivity contribution in [2.75, 3.05) is 31.7 Å². The van der Waals surface area contributed by atoms with Crippen molar-refractivity contribution in [2.45, 2.75) is 45.2 Å². The summed E-state index contributed by atoms with van der Waals surface area (Å²) in [5, 5.41) is 11.7. The van der Waals surface area contributed by atoms with Crippen LogP contribution < -0.4 is 10.2 Å². The van der Waals surface area contributed by atoms with Gasteiger partial charge in [-0.25, -0.2) is 0 Å². The monoisotopic (exact) mass is 268 g/mol. The fraction of sp³-hybridized carbons (Fsp3) is 0.846. The number of nitrogens with zero attached hydrogens (tertiary/aromatic N) is 3. The first kappa shape index (κ1) is 14.3. The van der Waals surface area contributed by atoms with Gasteiger partial charge in [0.25, 0.3) is 0 Å². The van der Waals surface area contributed by atoms with E-state index in [1.54, 1.807) is 7.11 Å². The molecule has 19 heavy (non-hydrogen) atoms. The summed E-state index contributed by atoms with van der Waals surface area (Å²) in [7, 11) is 1.71. The highest BCUT2D eigenvalue weighted by Crippen LogP contribution is 2.31. The van der Waals surface area contributed by atoms with Gasteiger partial charge >= 0.3 is 6.01 Å². The molecular weight excluding hydrogens is 244 g/mol. The Kier molecular flexibility index (Phi) is 5.15. The Bertz CT molecular complexity index is 378. The van der Waals surface area contributed by atoms with E-state index in [0.717, 1.165) is 19.5 Å². The number of methoxy groups -OCH3 is 1. The largest absolute Gasteiger partial charge is 0.406 e. The summed E-state index contributed by atoms with van der Waals surface area (Å²) in [6, 6.07) is 1.27. The molecule has 1 saturated carbocycles. The topological polar surface area (TPSA) is 63.4 Å². The van der Waals surface area contributed by atoms with Gasteiger partial charge in [-0.1, -0.05) is 12.0 Å².